The Hall–Kier alpha value is -0.980. The molecule has 2 unspecified atom stereocenters. The quantitative estimate of drug-likeness (QED) is 0.895. The number of thiazole rings is 1. The smallest absolute Gasteiger partial charge is 0.225 e. The summed E-state index contributed by atoms with van der Waals surface area (Å²) in [7, 11) is 0. The van der Waals surface area contributed by atoms with E-state index in [4.69, 9.17) is 4.74 Å². The van der Waals surface area contributed by atoms with Gasteiger partial charge in [-0.15, -0.1) is 11.3 Å². The molecule has 1 aromatic heterocycles. The van der Waals surface area contributed by atoms with Crippen molar-refractivity contribution < 1.29 is 9.53 Å². The number of nitrogens with zero attached hydrogens (tertiary/aromatic N) is 2. The van der Waals surface area contributed by atoms with Gasteiger partial charge in [-0.3, -0.25) is 9.69 Å². The first-order valence-electron chi connectivity index (χ1n) is 6.69. The van der Waals surface area contributed by atoms with Crippen molar-refractivity contribution in [1.29, 1.82) is 0 Å². The van der Waals surface area contributed by atoms with Gasteiger partial charge in [-0.25, -0.2) is 4.98 Å². The molecule has 0 radical (unpaired) electrons. The van der Waals surface area contributed by atoms with Crippen LogP contribution in [0.3, 0.4) is 0 Å². The van der Waals surface area contributed by atoms with E-state index >= 15 is 0 Å². The predicted octanol–water partition coefficient (Wildman–Crippen LogP) is 1.78. The van der Waals surface area contributed by atoms with Gasteiger partial charge in [-0.2, -0.15) is 0 Å². The van der Waals surface area contributed by atoms with Crippen LogP contribution in [0.5, 0.6) is 0 Å². The minimum Gasteiger partial charge on any atom is -0.377 e. The van der Waals surface area contributed by atoms with Crippen LogP contribution in [0.2, 0.25) is 0 Å². The Morgan fingerprint density at radius 1 is 1.68 bits per heavy atom. The third-order valence-corrected chi connectivity index (χ3v) is 4.30. The third-order valence-electron chi connectivity index (χ3n) is 3.39. The number of ether oxygens (including phenoxy) is 1. The molecule has 1 aromatic rings. The van der Waals surface area contributed by atoms with Crippen LogP contribution in [0.15, 0.2) is 5.38 Å². The van der Waals surface area contributed by atoms with Crippen molar-refractivity contribution in [2.24, 2.45) is 0 Å². The number of hydrogen-bond donors (Lipinski definition) is 1. The molecule has 0 saturated carbocycles. The van der Waals surface area contributed by atoms with E-state index in [1.54, 1.807) is 11.8 Å². The van der Waals surface area contributed by atoms with E-state index in [1.165, 1.54) is 11.3 Å². The van der Waals surface area contributed by atoms with Crippen molar-refractivity contribution in [3.05, 3.63) is 11.1 Å². The number of amides is 1. The average Bonchev–Trinajstić information content (AvgIpc) is 2.97. The van der Waals surface area contributed by atoms with E-state index in [-0.39, 0.29) is 12.0 Å². The van der Waals surface area contributed by atoms with Gasteiger partial charge in [0.1, 0.15) is 0 Å². The summed E-state index contributed by atoms with van der Waals surface area (Å²) in [4.78, 5) is 17.7. The summed E-state index contributed by atoms with van der Waals surface area (Å²) in [6.45, 7) is 7.83. The molecule has 2 atom stereocenters. The van der Waals surface area contributed by atoms with Crippen LogP contribution in [0.1, 0.15) is 32.9 Å². The number of rotatable bonds is 5. The summed E-state index contributed by atoms with van der Waals surface area (Å²) in [5, 5.41) is 6.25. The second-order valence-electron chi connectivity index (χ2n) is 4.74. The fraction of sp³-hybridized carbons (Fsp3) is 0.692. The molecule has 0 aliphatic carbocycles. The molecule has 2 heterocycles. The molecule has 1 fully saturated rings. The number of hydrogen-bond acceptors (Lipinski definition) is 5. The monoisotopic (exact) mass is 283 g/mol. The Labute approximate surface area is 118 Å². The van der Waals surface area contributed by atoms with E-state index in [9.17, 15) is 4.79 Å². The first kappa shape index (κ1) is 14.4. The van der Waals surface area contributed by atoms with Gasteiger partial charge < -0.3 is 10.1 Å². The van der Waals surface area contributed by atoms with Gasteiger partial charge in [0, 0.05) is 38.0 Å². The highest BCUT2D eigenvalue weighted by Gasteiger charge is 2.23. The molecule has 1 amide bonds. The van der Waals surface area contributed by atoms with Crippen LogP contribution >= 0.6 is 11.3 Å². The maximum absolute atomic E-state index is 11.5. The Kier molecular flexibility index (Phi) is 4.90. The zero-order valence-corrected chi connectivity index (χ0v) is 12.5. The van der Waals surface area contributed by atoms with Crippen LogP contribution in [0.25, 0.3) is 0 Å². The molecule has 5 nitrogen and oxygen atoms in total. The molecular weight excluding hydrogens is 262 g/mol. The lowest BCUT2D eigenvalue weighted by Gasteiger charge is -2.15. The molecule has 1 saturated heterocycles. The number of carbonyl (C=O) groups is 1. The lowest BCUT2D eigenvalue weighted by Crippen LogP contribution is -2.34. The summed E-state index contributed by atoms with van der Waals surface area (Å²) in [5.41, 5.74) is 0.985. The molecule has 6 heteroatoms. The Morgan fingerprint density at radius 3 is 3.05 bits per heavy atom. The van der Waals surface area contributed by atoms with Crippen molar-refractivity contribution in [2.45, 2.75) is 45.9 Å². The SMILES string of the molecule is CCN(C(C)=O)c1nc(CNC2CCOC2C)cs1. The van der Waals surface area contributed by atoms with Crippen LogP contribution in [-0.4, -0.2) is 36.2 Å². The molecule has 1 aliphatic heterocycles. The maximum atomic E-state index is 11.5. The van der Waals surface area contributed by atoms with Crippen molar-refractivity contribution in [2.75, 3.05) is 18.1 Å². The number of nitrogens with one attached hydrogen (secondary N) is 1. The van der Waals surface area contributed by atoms with E-state index < -0.39 is 0 Å². The minimum atomic E-state index is 0.0363. The summed E-state index contributed by atoms with van der Waals surface area (Å²) in [6, 6.07) is 0.403. The molecule has 2 rings (SSSR count). The number of carbonyl (C=O) groups excluding carboxylic acids is 1. The zero-order chi connectivity index (χ0) is 13.8. The van der Waals surface area contributed by atoms with Gasteiger partial charge in [0.15, 0.2) is 5.13 Å². The normalized spacial score (nSPS) is 22.7. The Bertz CT molecular complexity index is 435. The van der Waals surface area contributed by atoms with Gasteiger partial charge in [-0.1, -0.05) is 0 Å². The van der Waals surface area contributed by atoms with Crippen molar-refractivity contribution in [3.8, 4) is 0 Å². The maximum Gasteiger partial charge on any atom is 0.225 e. The molecule has 0 bridgehead atoms. The third kappa shape index (κ3) is 3.52. The van der Waals surface area contributed by atoms with Gasteiger partial charge in [0.25, 0.3) is 0 Å². The Balaban J connectivity index is 1.91. The lowest BCUT2D eigenvalue weighted by molar-refractivity contribution is -0.116. The summed E-state index contributed by atoms with van der Waals surface area (Å²) in [5.74, 6) is 0.0363. The van der Waals surface area contributed by atoms with Crippen molar-refractivity contribution >= 4 is 22.4 Å². The van der Waals surface area contributed by atoms with Crippen LogP contribution in [0, 0.1) is 0 Å². The molecule has 19 heavy (non-hydrogen) atoms. The second-order valence-corrected chi connectivity index (χ2v) is 5.57. The number of anilines is 1. The highest BCUT2D eigenvalue weighted by molar-refractivity contribution is 7.14. The van der Waals surface area contributed by atoms with Gasteiger partial charge in [-0.05, 0) is 20.3 Å². The average molecular weight is 283 g/mol. The van der Waals surface area contributed by atoms with E-state index in [1.807, 2.05) is 12.3 Å². The highest BCUT2D eigenvalue weighted by atomic mass is 32.1. The largest absolute Gasteiger partial charge is 0.377 e. The van der Waals surface area contributed by atoms with Gasteiger partial charge in [0.2, 0.25) is 5.91 Å². The van der Waals surface area contributed by atoms with Gasteiger partial charge in [0.05, 0.1) is 11.8 Å². The van der Waals surface area contributed by atoms with E-state index in [2.05, 4.69) is 17.2 Å². The molecule has 1 N–H and O–H groups in total. The van der Waals surface area contributed by atoms with Crippen molar-refractivity contribution in [1.82, 2.24) is 10.3 Å². The molecule has 1 aliphatic rings. The van der Waals surface area contributed by atoms with Crippen LogP contribution < -0.4 is 10.2 Å². The van der Waals surface area contributed by atoms with Crippen molar-refractivity contribution in [3.63, 3.8) is 0 Å². The lowest BCUT2D eigenvalue weighted by atomic mass is 10.1. The standard InChI is InChI=1S/C13H21N3O2S/c1-4-16(10(3)17)13-15-11(8-19-13)7-14-12-5-6-18-9(12)2/h8-9,12,14H,4-7H2,1-3H3. The molecule has 106 valence electrons. The summed E-state index contributed by atoms with van der Waals surface area (Å²) < 4.78 is 5.51. The first-order chi connectivity index (χ1) is 9.11. The fourth-order valence-corrected chi connectivity index (χ4v) is 3.16. The molecular formula is C13H21N3O2S. The second kappa shape index (κ2) is 6.45. The van der Waals surface area contributed by atoms with E-state index in [0.29, 0.717) is 12.6 Å². The highest BCUT2D eigenvalue weighted by Crippen LogP contribution is 2.21. The predicted molar refractivity (Wildman–Crippen MR) is 76.5 cm³/mol. The summed E-state index contributed by atoms with van der Waals surface area (Å²) >= 11 is 1.52. The summed E-state index contributed by atoms with van der Waals surface area (Å²) in [6.07, 6.45) is 1.31. The molecule has 0 spiro atoms. The number of aromatic nitrogens is 1. The van der Waals surface area contributed by atoms with Gasteiger partial charge >= 0.3 is 0 Å². The van der Waals surface area contributed by atoms with Crippen LogP contribution in [0.4, 0.5) is 5.13 Å². The topological polar surface area (TPSA) is 54.5 Å². The molecule has 0 aromatic carbocycles. The minimum absolute atomic E-state index is 0.0363. The zero-order valence-electron chi connectivity index (χ0n) is 11.7. The first-order valence-corrected chi connectivity index (χ1v) is 7.57. The fourth-order valence-electron chi connectivity index (χ4n) is 2.23. The Morgan fingerprint density at radius 2 is 2.47 bits per heavy atom. The van der Waals surface area contributed by atoms with Crippen LogP contribution in [-0.2, 0) is 16.1 Å². The van der Waals surface area contributed by atoms with E-state index in [0.717, 1.165) is 30.4 Å².